The molecule has 4 heteroatoms. The second-order valence-corrected chi connectivity index (χ2v) is 8.58. The van der Waals surface area contributed by atoms with Crippen LogP contribution in [0.15, 0.2) is 39.6 Å². The Morgan fingerprint density at radius 2 is 1.50 bits per heavy atom. The van der Waals surface area contributed by atoms with Gasteiger partial charge in [-0.25, -0.2) is 4.21 Å². The third kappa shape index (κ3) is 2.09. The summed E-state index contributed by atoms with van der Waals surface area (Å²) in [6.45, 7) is 0. The number of rotatable bonds is 2. The minimum atomic E-state index is -3.75. The van der Waals surface area contributed by atoms with E-state index in [9.17, 15) is 8.09 Å². The van der Waals surface area contributed by atoms with E-state index < -0.39 is 10.1 Å². The zero-order valence-corrected chi connectivity index (χ0v) is 12.3. The second-order valence-electron chi connectivity index (χ2n) is 7.00. The molecule has 2 nitrogen and oxygen atoms in total. The first kappa shape index (κ1) is 12.8. The van der Waals surface area contributed by atoms with Gasteiger partial charge in [-0.15, -0.1) is 3.89 Å². The quantitative estimate of drug-likeness (QED) is 0.745. The first-order valence-corrected chi connectivity index (χ1v) is 8.99. The van der Waals surface area contributed by atoms with Crippen LogP contribution in [0.1, 0.15) is 38.5 Å². The van der Waals surface area contributed by atoms with E-state index in [0.29, 0.717) is 17.8 Å². The monoisotopic (exact) mass is 293 g/mol. The van der Waals surface area contributed by atoms with Crippen molar-refractivity contribution in [3.05, 3.63) is 30.3 Å². The number of hydrogen-bond donors (Lipinski definition) is 0. The van der Waals surface area contributed by atoms with E-state index in [2.05, 4.69) is 4.36 Å². The molecule has 0 saturated heterocycles. The highest BCUT2D eigenvalue weighted by Gasteiger charge is 2.51. The second kappa shape index (κ2) is 4.30. The highest BCUT2D eigenvalue weighted by molar-refractivity contribution is 7.88. The van der Waals surface area contributed by atoms with Gasteiger partial charge >= 0.3 is 0 Å². The Morgan fingerprint density at radius 1 is 1.00 bits per heavy atom. The number of nitrogens with zero attached hydrogens (tertiary/aromatic N) is 1. The summed E-state index contributed by atoms with van der Waals surface area (Å²) < 4.78 is 31.5. The molecule has 0 aliphatic heterocycles. The smallest absolute Gasteiger partial charge is 0.211 e. The van der Waals surface area contributed by atoms with Gasteiger partial charge in [0.15, 0.2) is 0 Å². The van der Waals surface area contributed by atoms with Crippen LogP contribution in [0.3, 0.4) is 0 Å². The lowest BCUT2D eigenvalue weighted by Crippen LogP contribution is -2.49. The van der Waals surface area contributed by atoms with Gasteiger partial charge in [0, 0.05) is 0 Å². The molecule has 1 aromatic carbocycles. The number of hydrogen-bond acceptors (Lipinski definition) is 2. The van der Waals surface area contributed by atoms with Crippen molar-refractivity contribution in [1.82, 2.24) is 0 Å². The van der Waals surface area contributed by atoms with Gasteiger partial charge in [-0.3, -0.25) is 0 Å². The van der Waals surface area contributed by atoms with Crippen molar-refractivity contribution in [2.45, 2.75) is 49.0 Å². The van der Waals surface area contributed by atoms with Crippen LogP contribution in [-0.2, 0) is 10.1 Å². The molecule has 0 spiro atoms. The van der Waals surface area contributed by atoms with Crippen molar-refractivity contribution in [1.29, 1.82) is 0 Å². The molecule has 0 aromatic heterocycles. The van der Waals surface area contributed by atoms with Gasteiger partial charge in [-0.05, 0) is 68.4 Å². The third-order valence-electron chi connectivity index (χ3n) is 5.35. The van der Waals surface area contributed by atoms with E-state index >= 15 is 0 Å². The Morgan fingerprint density at radius 3 is 2.00 bits per heavy atom. The molecule has 20 heavy (non-hydrogen) atoms. The van der Waals surface area contributed by atoms with Gasteiger partial charge in [-0.2, -0.15) is 4.36 Å². The molecule has 0 N–H and O–H groups in total. The maximum Gasteiger partial charge on any atom is 0.231 e. The molecular formula is C16H20FNOS. The van der Waals surface area contributed by atoms with Gasteiger partial charge in [0.05, 0.1) is 10.4 Å². The van der Waals surface area contributed by atoms with Crippen molar-refractivity contribution >= 4 is 10.1 Å². The zero-order chi connectivity index (χ0) is 13.8. The van der Waals surface area contributed by atoms with E-state index in [4.69, 9.17) is 0 Å². The van der Waals surface area contributed by atoms with E-state index in [0.717, 1.165) is 19.3 Å². The van der Waals surface area contributed by atoms with Crippen molar-refractivity contribution in [3.8, 4) is 0 Å². The predicted octanol–water partition coefficient (Wildman–Crippen LogP) is 4.37. The predicted molar refractivity (Wildman–Crippen MR) is 77.3 cm³/mol. The Hall–Kier alpha value is -0.900. The highest BCUT2D eigenvalue weighted by atomic mass is 32.3. The van der Waals surface area contributed by atoms with E-state index in [1.807, 2.05) is 6.07 Å². The molecular weight excluding hydrogens is 273 g/mol. The normalized spacial score (nSPS) is 41.4. The summed E-state index contributed by atoms with van der Waals surface area (Å²) in [4.78, 5) is 0.232. The van der Waals surface area contributed by atoms with Crippen molar-refractivity contribution < 1.29 is 8.09 Å². The van der Waals surface area contributed by atoms with E-state index in [1.54, 1.807) is 24.3 Å². The molecule has 5 rings (SSSR count). The molecule has 4 saturated carbocycles. The number of benzene rings is 1. The van der Waals surface area contributed by atoms with Crippen LogP contribution in [-0.4, -0.2) is 9.75 Å². The first-order chi connectivity index (χ1) is 9.55. The Labute approximate surface area is 120 Å². The Bertz CT molecular complexity index is 598. The largest absolute Gasteiger partial charge is 0.231 e. The molecule has 4 bridgehead atoms. The molecule has 1 aromatic rings. The summed E-state index contributed by atoms with van der Waals surface area (Å²) in [5, 5.41) is 0. The number of halogens is 1. The standard InChI is InChI=1S/C16H20FNOS/c17-20(19,15-4-2-1-3-5-15)18-16-9-12-6-13(10-16)8-14(7-12)11-16/h1-5,12-14H,6-11H2. The summed E-state index contributed by atoms with van der Waals surface area (Å²) in [6, 6.07) is 8.44. The Balaban J connectivity index is 1.74. The first-order valence-electron chi connectivity index (χ1n) is 7.58. The third-order valence-corrected chi connectivity index (χ3v) is 6.83. The van der Waals surface area contributed by atoms with Gasteiger partial charge in [0.1, 0.15) is 0 Å². The van der Waals surface area contributed by atoms with Crippen LogP contribution in [0.4, 0.5) is 3.89 Å². The Kier molecular flexibility index (Phi) is 2.75. The summed E-state index contributed by atoms with van der Waals surface area (Å²) >= 11 is 0. The molecule has 4 aliphatic carbocycles. The minimum absolute atomic E-state index is 0.232. The fourth-order valence-electron chi connectivity index (χ4n) is 5.07. The lowest BCUT2D eigenvalue weighted by Gasteiger charge is -2.54. The maximum absolute atomic E-state index is 14.7. The van der Waals surface area contributed by atoms with Crippen LogP contribution in [0.2, 0.25) is 0 Å². The maximum atomic E-state index is 14.7. The lowest BCUT2D eigenvalue weighted by atomic mass is 9.53. The molecule has 0 heterocycles. The average Bonchev–Trinajstić information content (AvgIpc) is 2.36. The fraction of sp³-hybridized carbons (Fsp3) is 0.625. The molecule has 0 amide bonds. The van der Waals surface area contributed by atoms with Crippen molar-refractivity contribution in [2.24, 2.45) is 22.1 Å². The summed E-state index contributed by atoms with van der Waals surface area (Å²) in [6.07, 6.45) is 6.71. The van der Waals surface area contributed by atoms with Gasteiger partial charge < -0.3 is 0 Å². The highest BCUT2D eigenvalue weighted by Crippen LogP contribution is 2.57. The zero-order valence-electron chi connectivity index (χ0n) is 11.5. The molecule has 1 atom stereocenters. The minimum Gasteiger partial charge on any atom is -0.211 e. The summed E-state index contributed by atoms with van der Waals surface area (Å²) in [7, 11) is -3.75. The van der Waals surface area contributed by atoms with Crippen LogP contribution < -0.4 is 0 Å². The molecule has 4 fully saturated rings. The molecule has 4 aliphatic rings. The van der Waals surface area contributed by atoms with Gasteiger partial charge in [0.2, 0.25) is 10.1 Å². The molecule has 0 radical (unpaired) electrons. The summed E-state index contributed by atoms with van der Waals surface area (Å²) in [5.41, 5.74) is -0.337. The van der Waals surface area contributed by atoms with Crippen LogP contribution in [0.25, 0.3) is 0 Å². The van der Waals surface area contributed by atoms with Crippen LogP contribution >= 0.6 is 0 Å². The molecule has 108 valence electrons. The van der Waals surface area contributed by atoms with E-state index in [-0.39, 0.29) is 10.4 Å². The molecule has 1 unspecified atom stereocenters. The van der Waals surface area contributed by atoms with Gasteiger partial charge in [-0.1, -0.05) is 18.2 Å². The van der Waals surface area contributed by atoms with Crippen molar-refractivity contribution in [2.75, 3.05) is 0 Å². The fourth-order valence-corrected chi connectivity index (χ4v) is 6.39. The van der Waals surface area contributed by atoms with Crippen LogP contribution in [0, 0.1) is 17.8 Å². The van der Waals surface area contributed by atoms with Gasteiger partial charge in [0.25, 0.3) is 0 Å². The van der Waals surface area contributed by atoms with Crippen molar-refractivity contribution in [3.63, 3.8) is 0 Å². The topological polar surface area (TPSA) is 29.4 Å². The SMILES string of the molecule is O=S(F)(=NC12CC3CC(CC(C3)C1)C2)c1ccccc1. The lowest BCUT2D eigenvalue weighted by molar-refractivity contribution is 0.00234. The average molecular weight is 293 g/mol. The van der Waals surface area contributed by atoms with Crippen LogP contribution in [0.5, 0.6) is 0 Å². The summed E-state index contributed by atoms with van der Waals surface area (Å²) in [5.74, 6) is 2.07. The van der Waals surface area contributed by atoms with E-state index in [1.165, 1.54) is 19.3 Å².